The van der Waals surface area contributed by atoms with Crippen LogP contribution in [-0.4, -0.2) is 15.6 Å². The third-order valence-electron chi connectivity index (χ3n) is 3.35. The van der Waals surface area contributed by atoms with Crippen LogP contribution < -0.4 is 5.32 Å². The highest BCUT2D eigenvalue weighted by atomic mass is 19.4. The Bertz CT molecular complexity index is 691. The van der Waals surface area contributed by atoms with E-state index in [0.29, 0.717) is 12.1 Å². The second kappa shape index (κ2) is 6.20. The fourth-order valence-electron chi connectivity index (χ4n) is 2.17. The van der Waals surface area contributed by atoms with E-state index in [1.54, 1.807) is 12.1 Å². The summed E-state index contributed by atoms with van der Waals surface area (Å²) in [6.45, 7) is 6.27. The van der Waals surface area contributed by atoms with Crippen molar-refractivity contribution >= 4 is 0 Å². The topological polar surface area (TPSA) is 45.2 Å². The molecule has 1 heterocycles. The summed E-state index contributed by atoms with van der Waals surface area (Å²) < 4.78 is 39.4. The quantitative estimate of drug-likeness (QED) is 0.882. The summed E-state index contributed by atoms with van der Waals surface area (Å²) in [5.74, 6) is -0.152. The Balaban J connectivity index is 2.46. The van der Waals surface area contributed by atoms with E-state index in [9.17, 15) is 18.3 Å². The normalized spacial score (nSPS) is 12.4. The number of phenolic OH excluding ortho intramolecular Hbond substituents is 1. The lowest BCUT2D eigenvalue weighted by molar-refractivity contribution is -0.137. The molecule has 0 unspecified atom stereocenters. The molecular weight excluding hydrogens is 305 g/mol. The molecule has 1 aromatic carbocycles. The van der Waals surface area contributed by atoms with Crippen molar-refractivity contribution in [1.82, 2.24) is 10.3 Å². The van der Waals surface area contributed by atoms with Crippen molar-refractivity contribution in [3.05, 3.63) is 47.8 Å². The van der Waals surface area contributed by atoms with Gasteiger partial charge in [0.05, 0.1) is 5.56 Å². The van der Waals surface area contributed by atoms with E-state index in [1.165, 1.54) is 18.3 Å². The molecule has 124 valence electrons. The number of aromatic hydroxyl groups is 1. The molecule has 0 aliphatic rings. The number of alkyl halides is 3. The Hall–Kier alpha value is -2.08. The number of hydrogen-bond acceptors (Lipinski definition) is 3. The summed E-state index contributed by atoms with van der Waals surface area (Å²) in [5, 5.41) is 13.6. The molecule has 0 atom stereocenters. The first-order chi connectivity index (χ1) is 10.6. The number of halogens is 3. The van der Waals surface area contributed by atoms with E-state index in [0.717, 1.165) is 6.20 Å². The lowest BCUT2D eigenvalue weighted by Gasteiger charge is -2.21. The lowest BCUT2D eigenvalue weighted by atomic mass is 9.97. The minimum atomic E-state index is -4.53. The molecule has 6 heteroatoms. The van der Waals surface area contributed by atoms with Gasteiger partial charge in [-0.1, -0.05) is 18.2 Å². The van der Waals surface area contributed by atoms with E-state index in [4.69, 9.17) is 0 Å². The van der Waals surface area contributed by atoms with Crippen molar-refractivity contribution in [1.29, 1.82) is 0 Å². The maximum atomic E-state index is 13.1. The predicted molar refractivity (Wildman–Crippen MR) is 82.9 cm³/mol. The van der Waals surface area contributed by atoms with Crippen molar-refractivity contribution in [3.8, 4) is 16.9 Å². The molecule has 2 aromatic rings. The lowest BCUT2D eigenvalue weighted by Crippen LogP contribution is -2.35. The van der Waals surface area contributed by atoms with Crippen LogP contribution in [0.15, 0.2) is 36.7 Å². The molecule has 0 bridgehead atoms. The van der Waals surface area contributed by atoms with Gasteiger partial charge in [-0.05, 0) is 26.8 Å². The van der Waals surface area contributed by atoms with Crippen LogP contribution in [0, 0.1) is 0 Å². The Kier molecular flexibility index (Phi) is 4.66. The first-order valence-corrected chi connectivity index (χ1v) is 7.17. The zero-order valence-corrected chi connectivity index (χ0v) is 13.2. The van der Waals surface area contributed by atoms with Crippen LogP contribution >= 0.6 is 0 Å². The van der Waals surface area contributed by atoms with E-state index in [2.05, 4.69) is 10.3 Å². The van der Waals surface area contributed by atoms with Gasteiger partial charge >= 0.3 is 6.18 Å². The fourth-order valence-corrected chi connectivity index (χ4v) is 2.17. The van der Waals surface area contributed by atoms with Crippen molar-refractivity contribution in [3.63, 3.8) is 0 Å². The number of aromatic nitrogens is 1. The van der Waals surface area contributed by atoms with E-state index in [1.807, 2.05) is 20.8 Å². The molecule has 0 aliphatic carbocycles. The first kappa shape index (κ1) is 17.3. The smallest absolute Gasteiger partial charge is 0.418 e. The number of nitrogens with zero attached hydrogens (tertiary/aromatic N) is 1. The largest absolute Gasteiger partial charge is 0.507 e. The van der Waals surface area contributed by atoms with Gasteiger partial charge in [0.2, 0.25) is 0 Å². The van der Waals surface area contributed by atoms with Gasteiger partial charge in [0.1, 0.15) is 5.75 Å². The number of benzene rings is 1. The standard InChI is InChI=1S/C17H19F3N2O/c1-16(2,3)22-9-11-5-4-6-13(15(11)23)12-7-8-21-10-14(12)17(18,19)20/h4-8,10,22-23H,9H2,1-3H3. The molecule has 1 aromatic heterocycles. The van der Waals surface area contributed by atoms with Crippen LogP contribution in [0.2, 0.25) is 0 Å². The number of rotatable bonds is 3. The van der Waals surface area contributed by atoms with Crippen molar-refractivity contribution < 1.29 is 18.3 Å². The van der Waals surface area contributed by atoms with Crippen LogP contribution in [0.25, 0.3) is 11.1 Å². The molecular formula is C17H19F3N2O. The number of hydrogen-bond donors (Lipinski definition) is 2. The van der Waals surface area contributed by atoms with Crippen molar-refractivity contribution in [2.75, 3.05) is 0 Å². The summed E-state index contributed by atoms with van der Waals surface area (Å²) in [6.07, 6.45) is -2.48. The monoisotopic (exact) mass is 324 g/mol. The van der Waals surface area contributed by atoms with E-state index >= 15 is 0 Å². The third kappa shape index (κ3) is 4.22. The molecule has 3 nitrogen and oxygen atoms in total. The van der Waals surface area contributed by atoms with Crippen molar-refractivity contribution in [2.45, 2.75) is 39.0 Å². The average Bonchev–Trinajstić information content (AvgIpc) is 2.44. The van der Waals surface area contributed by atoms with Crippen LogP contribution in [0.5, 0.6) is 5.75 Å². The highest BCUT2D eigenvalue weighted by Crippen LogP contribution is 2.40. The maximum absolute atomic E-state index is 13.1. The molecule has 0 saturated carbocycles. The minimum Gasteiger partial charge on any atom is -0.507 e. The number of phenols is 1. The fraction of sp³-hybridized carbons (Fsp3) is 0.353. The second-order valence-corrected chi connectivity index (χ2v) is 6.34. The summed E-state index contributed by atoms with van der Waals surface area (Å²) in [5.41, 5.74) is -0.426. The predicted octanol–water partition coefficient (Wildman–Crippen LogP) is 4.36. The Labute approximate surface area is 133 Å². The minimum absolute atomic E-state index is 0.0809. The summed E-state index contributed by atoms with van der Waals surface area (Å²) >= 11 is 0. The molecule has 0 saturated heterocycles. The highest BCUT2D eigenvalue weighted by molar-refractivity contribution is 5.74. The van der Waals surface area contributed by atoms with E-state index in [-0.39, 0.29) is 22.4 Å². The zero-order valence-electron chi connectivity index (χ0n) is 13.2. The van der Waals surface area contributed by atoms with Gasteiger partial charge in [-0.25, -0.2) is 0 Å². The molecule has 2 N–H and O–H groups in total. The maximum Gasteiger partial charge on any atom is 0.418 e. The molecule has 0 spiro atoms. The van der Waals surface area contributed by atoms with Gasteiger partial charge in [0, 0.05) is 41.2 Å². The Morgan fingerprint density at radius 2 is 1.78 bits per heavy atom. The van der Waals surface area contributed by atoms with Crippen LogP contribution in [0.4, 0.5) is 13.2 Å². The number of pyridine rings is 1. The zero-order chi connectivity index (χ0) is 17.3. The van der Waals surface area contributed by atoms with Gasteiger partial charge in [0.25, 0.3) is 0 Å². The molecule has 2 rings (SSSR count). The van der Waals surface area contributed by atoms with Crippen molar-refractivity contribution in [2.24, 2.45) is 0 Å². The second-order valence-electron chi connectivity index (χ2n) is 6.34. The van der Waals surface area contributed by atoms with E-state index < -0.39 is 11.7 Å². The first-order valence-electron chi connectivity index (χ1n) is 7.17. The Morgan fingerprint density at radius 1 is 1.09 bits per heavy atom. The van der Waals surface area contributed by atoms with Gasteiger partial charge in [0.15, 0.2) is 0 Å². The molecule has 0 radical (unpaired) electrons. The number of nitrogens with one attached hydrogen (secondary N) is 1. The summed E-state index contributed by atoms with van der Waals surface area (Å²) in [4.78, 5) is 3.54. The van der Waals surface area contributed by atoms with Gasteiger partial charge in [-0.15, -0.1) is 0 Å². The van der Waals surface area contributed by atoms with Crippen LogP contribution in [0.3, 0.4) is 0 Å². The van der Waals surface area contributed by atoms with Gasteiger partial charge < -0.3 is 10.4 Å². The average molecular weight is 324 g/mol. The van der Waals surface area contributed by atoms with Crippen LogP contribution in [0.1, 0.15) is 31.9 Å². The Morgan fingerprint density at radius 3 is 2.39 bits per heavy atom. The summed E-state index contributed by atoms with van der Waals surface area (Å²) in [6, 6.07) is 6.06. The third-order valence-corrected chi connectivity index (χ3v) is 3.35. The number of para-hydroxylation sites is 1. The van der Waals surface area contributed by atoms with Gasteiger partial charge in [-0.2, -0.15) is 13.2 Å². The molecule has 23 heavy (non-hydrogen) atoms. The molecule has 0 fully saturated rings. The van der Waals surface area contributed by atoms with Gasteiger partial charge in [-0.3, -0.25) is 4.98 Å². The SMILES string of the molecule is CC(C)(C)NCc1cccc(-c2ccncc2C(F)(F)F)c1O. The highest BCUT2D eigenvalue weighted by Gasteiger charge is 2.34. The van der Waals surface area contributed by atoms with Crippen LogP contribution in [-0.2, 0) is 12.7 Å². The molecule has 0 amide bonds. The summed E-state index contributed by atoms with van der Waals surface area (Å²) in [7, 11) is 0. The molecule has 0 aliphatic heterocycles.